The summed E-state index contributed by atoms with van der Waals surface area (Å²) in [4.78, 5) is 14.4. The van der Waals surface area contributed by atoms with E-state index < -0.39 is 0 Å². The van der Waals surface area contributed by atoms with Crippen LogP contribution in [0.15, 0.2) is 47.1 Å². The second-order valence-corrected chi connectivity index (χ2v) is 13.4. The number of ketones is 1. The van der Waals surface area contributed by atoms with Crippen LogP contribution in [0.5, 0.6) is 0 Å². The fourth-order valence-corrected chi connectivity index (χ4v) is 7.17. The molecule has 5 unspecified atom stereocenters. The smallest absolute Gasteiger partial charge is 0.156 e. The van der Waals surface area contributed by atoms with Gasteiger partial charge < -0.3 is 10.0 Å². The minimum atomic E-state index is -0.192. The highest BCUT2D eigenvalue weighted by molar-refractivity contribution is 5.93. The van der Waals surface area contributed by atoms with E-state index in [2.05, 4.69) is 62.9 Å². The van der Waals surface area contributed by atoms with Gasteiger partial charge in [-0.05, 0) is 125 Å². The number of aliphatic hydroxyl groups excluding tert-OH is 1. The summed E-state index contributed by atoms with van der Waals surface area (Å²) in [6.45, 7) is 12.8. The zero-order valence-electron chi connectivity index (χ0n) is 24.1. The van der Waals surface area contributed by atoms with Gasteiger partial charge in [-0.15, -0.1) is 12.3 Å². The van der Waals surface area contributed by atoms with Crippen LogP contribution in [0.25, 0.3) is 0 Å². The predicted molar refractivity (Wildman–Crippen MR) is 155 cm³/mol. The molecule has 1 aromatic carbocycles. The molecule has 3 heteroatoms. The molecule has 5 atom stereocenters. The molecule has 0 saturated heterocycles. The normalized spacial score (nSPS) is 30.9. The maximum absolute atomic E-state index is 12.1. The van der Waals surface area contributed by atoms with E-state index in [0.29, 0.717) is 36.0 Å². The zero-order valence-corrected chi connectivity index (χ0v) is 24.1. The largest absolute Gasteiger partial charge is 0.393 e. The van der Waals surface area contributed by atoms with Gasteiger partial charge in [0.25, 0.3) is 0 Å². The molecular weight excluding hydrogens is 454 g/mol. The SMILES string of the molecule is C#CC(C)(C)C.CC(C)N(C)c1ccc(C2CC3(C)C(O)CCC3C3CCC4=CC(=O)CCC4=C23)cc1. The molecule has 0 bridgehead atoms. The van der Waals surface area contributed by atoms with Crippen molar-refractivity contribution in [3.05, 3.63) is 52.6 Å². The Morgan fingerprint density at radius 1 is 1.08 bits per heavy atom. The van der Waals surface area contributed by atoms with E-state index in [4.69, 9.17) is 6.42 Å². The molecule has 0 heterocycles. The molecule has 4 aliphatic carbocycles. The van der Waals surface area contributed by atoms with E-state index in [1.807, 2.05) is 26.8 Å². The van der Waals surface area contributed by atoms with Gasteiger partial charge in [0.1, 0.15) is 0 Å². The molecule has 0 aliphatic heterocycles. The van der Waals surface area contributed by atoms with Gasteiger partial charge in [-0.2, -0.15) is 0 Å². The fourth-order valence-electron chi connectivity index (χ4n) is 7.17. The topological polar surface area (TPSA) is 40.5 Å². The minimum absolute atomic E-state index is 0.00150. The molecule has 1 aromatic rings. The lowest BCUT2D eigenvalue weighted by Gasteiger charge is -2.52. The highest BCUT2D eigenvalue weighted by atomic mass is 16.3. The molecule has 3 nitrogen and oxygen atoms in total. The van der Waals surface area contributed by atoms with Gasteiger partial charge in [0.2, 0.25) is 0 Å². The lowest BCUT2D eigenvalue weighted by atomic mass is 9.53. The lowest BCUT2D eigenvalue weighted by molar-refractivity contribution is -0.114. The van der Waals surface area contributed by atoms with Crippen molar-refractivity contribution in [1.29, 1.82) is 0 Å². The zero-order chi connectivity index (χ0) is 27.1. The van der Waals surface area contributed by atoms with Crippen molar-refractivity contribution in [3.63, 3.8) is 0 Å². The van der Waals surface area contributed by atoms with Crippen LogP contribution in [-0.2, 0) is 4.79 Å². The first-order valence-electron chi connectivity index (χ1n) is 14.3. The highest BCUT2D eigenvalue weighted by Crippen LogP contribution is 2.63. The van der Waals surface area contributed by atoms with E-state index in [9.17, 15) is 9.90 Å². The summed E-state index contributed by atoms with van der Waals surface area (Å²) < 4.78 is 0. The van der Waals surface area contributed by atoms with Crippen LogP contribution >= 0.6 is 0 Å². The van der Waals surface area contributed by atoms with Gasteiger partial charge in [-0.1, -0.05) is 24.6 Å². The number of rotatable bonds is 3. The van der Waals surface area contributed by atoms with Crippen LogP contribution < -0.4 is 4.90 Å². The van der Waals surface area contributed by atoms with Crippen molar-refractivity contribution in [1.82, 2.24) is 0 Å². The van der Waals surface area contributed by atoms with Crippen molar-refractivity contribution >= 4 is 11.5 Å². The summed E-state index contributed by atoms with van der Waals surface area (Å²) in [7, 11) is 2.15. The summed E-state index contributed by atoms with van der Waals surface area (Å²) in [5.74, 6) is 4.38. The van der Waals surface area contributed by atoms with Gasteiger partial charge in [0.15, 0.2) is 5.78 Å². The Kier molecular flexibility index (Phi) is 7.83. The monoisotopic (exact) mass is 501 g/mol. The van der Waals surface area contributed by atoms with Crippen LogP contribution in [0.2, 0.25) is 0 Å². The first kappa shape index (κ1) is 27.7. The number of carbonyl (C=O) groups excluding carboxylic acids is 1. The molecule has 1 N–H and O–H groups in total. The second-order valence-electron chi connectivity index (χ2n) is 13.4. The molecule has 0 radical (unpaired) electrons. The van der Waals surface area contributed by atoms with Gasteiger partial charge in [0, 0.05) is 36.5 Å². The summed E-state index contributed by atoms with van der Waals surface area (Å²) >= 11 is 0. The number of anilines is 1. The number of hydrogen-bond donors (Lipinski definition) is 1. The van der Waals surface area contributed by atoms with Crippen LogP contribution in [0.4, 0.5) is 5.69 Å². The molecule has 37 heavy (non-hydrogen) atoms. The Morgan fingerprint density at radius 3 is 2.32 bits per heavy atom. The van der Waals surface area contributed by atoms with E-state index in [-0.39, 0.29) is 16.9 Å². The Morgan fingerprint density at radius 2 is 1.73 bits per heavy atom. The van der Waals surface area contributed by atoms with E-state index in [1.54, 1.807) is 5.57 Å². The summed E-state index contributed by atoms with van der Waals surface area (Å²) in [5.41, 5.74) is 7.12. The van der Waals surface area contributed by atoms with E-state index >= 15 is 0 Å². The van der Waals surface area contributed by atoms with Crippen molar-refractivity contribution < 1.29 is 9.90 Å². The van der Waals surface area contributed by atoms with Crippen molar-refractivity contribution in [3.8, 4) is 12.3 Å². The molecular formula is C34H47NO2. The number of fused-ring (bicyclic) bond motifs is 4. The van der Waals surface area contributed by atoms with Crippen LogP contribution in [0, 0.1) is 35.0 Å². The molecule has 0 amide bonds. The van der Waals surface area contributed by atoms with Crippen molar-refractivity contribution in [2.75, 3.05) is 11.9 Å². The van der Waals surface area contributed by atoms with Crippen LogP contribution in [0.3, 0.4) is 0 Å². The minimum Gasteiger partial charge on any atom is -0.393 e. The molecule has 2 saturated carbocycles. The molecule has 0 aromatic heterocycles. The number of aliphatic hydroxyl groups is 1. The van der Waals surface area contributed by atoms with Gasteiger partial charge in [0.05, 0.1) is 6.10 Å². The molecule has 0 spiro atoms. The average molecular weight is 502 g/mol. The average Bonchev–Trinajstić information content (AvgIpc) is 3.16. The van der Waals surface area contributed by atoms with E-state index in [1.165, 1.54) is 22.4 Å². The maximum Gasteiger partial charge on any atom is 0.156 e. The van der Waals surface area contributed by atoms with E-state index in [0.717, 1.165) is 38.5 Å². The van der Waals surface area contributed by atoms with Crippen molar-refractivity contribution in [2.45, 2.75) is 105 Å². The van der Waals surface area contributed by atoms with Gasteiger partial charge >= 0.3 is 0 Å². The Bertz CT molecular complexity index is 1110. The lowest BCUT2D eigenvalue weighted by Crippen LogP contribution is -2.45. The number of terminal acetylenes is 1. The predicted octanol–water partition coefficient (Wildman–Crippen LogP) is 7.46. The Hall–Kier alpha value is -2.31. The first-order valence-corrected chi connectivity index (χ1v) is 14.3. The fraction of sp³-hybridized carbons (Fsp3) is 0.618. The van der Waals surface area contributed by atoms with Gasteiger partial charge in [-0.3, -0.25) is 4.79 Å². The third-order valence-electron chi connectivity index (χ3n) is 9.59. The summed E-state index contributed by atoms with van der Waals surface area (Å²) in [6.07, 6.45) is 13.6. The highest BCUT2D eigenvalue weighted by Gasteiger charge is 2.56. The third kappa shape index (κ3) is 5.46. The number of allylic oxidation sites excluding steroid dienone is 4. The maximum atomic E-state index is 12.1. The molecule has 200 valence electrons. The summed E-state index contributed by atoms with van der Waals surface area (Å²) in [6, 6.07) is 9.63. The first-order chi connectivity index (χ1) is 17.4. The second kappa shape index (κ2) is 10.5. The molecule has 5 rings (SSSR count). The molecule has 4 aliphatic rings. The van der Waals surface area contributed by atoms with Crippen molar-refractivity contribution in [2.24, 2.45) is 22.7 Å². The Balaban J connectivity index is 0.000000480. The number of carbonyl (C=O) groups is 1. The number of hydrogen-bond acceptors (Lipinski definition) is 3. The Labute approximate surface area is 225 Å². The summed E-state index contributed by atoms with van der Waals surface area (Å²) in [5, 5.41) is 11.0. The third-order valence-corrected chi connectivity index (χ3v) is 9.59. The van der Waals surface area contributed by atoms with Gasteiger partial charge in [-0.25, -0.2) is 0 Å². The molecule has 2 fully saturated rings. The van der Waals surface area contributed by atoms with Crippen LogP contribution in [-0.4, -0.2) is 30.1 Å². The number of benzene rings is 1. The quantitative estimate of drug-likeness (QED) is 0.437. The number of nitrogens with zero attached hydrogens (tertiary/aromatic N) is 1. The van der Waals surface area contributed by atoms with Crippen LogP contribution in [0.1, 0.15) is 98.0 Å². The standard InChI is InChI=1S/C28H37NO2.C6H10/c1-17(2)29(4)20-8-5-18(6-9-20)24-16-28(3)25(13-14-26(28)31)23-11-7-19-15-21(30)10-12-22(19)27(23)24;1-5-6(2,3)4/h5-6,8-9,15,17,23-26,31H,7,10-14,16H2,1-4H3;1H,2-4H3.